The van der Waals surface area contributed by atoms with Gasteiger partial charge in [0.25, 0.3) is 0 Å². The average molecular weight is 256 g/mol. The Hall–Kier alpha value is -1.87. The Morgan fingerprint density at radius 1 is 1.26 bits per heavy atom. The van der Waals surface area contributed by atoms with Crippen molar-refractivity contribution in [2.24, 2.45) is 0 Å². The Balaban J connectivity index is 1.87. The summed E-state index contributed by atoms with van der Waals surface area (Å²) in [6.07, 6.45) is 3.15. The van der Waals surface area contributed by atoms with Gasteiger partial charge in [0, 0.05) is 6.61 Å². The van der Waals surface area contributed by atoms with Crippen LogP contribution in [0.5, 0.6) is 5.75 Å². The van der Waals surface area contributed by atoms with Crippen molar-refractivity contribution in [3.05, 3.63) is 42.0 Å². The van der Waals surface area contributed by atoms with Crippen LogP contribution in [0.2, 0.25) is 0 Å². The van der Waals surface area contributed by atoms with Crippen LogP contribution >= 0.6 is 0 Å². The number of hydrogen-bond acceptors (Lipinski definition) is 3. The smallest absolute Gasteiger partial charge is 0.154 e. The highest BCUT2D eigenvalue weighted by atomic mass is 16.5. The Morgan fingerprint density at radius 2 is 2.16 bits per heavy atom. The number of hydrogen-bond donors (Lipinski definition) is 0. The van der Waals surface area contributed by atoms with Gasteiger partial charge in [-0.1, -0.05) is 30.3 Å². The maximum Gasteiger partial charge on any atom is 0.154 e. The van der Waals surface area contributed by atoms with Gasteiger partial charge < -0.3 is 9.47 Å². The number of carbonyl (C=O) groups is 1. The highest BCUT2D eigenvalue weighted by Crippen LogP contribution is 2.27. The first kappa shape index (κ1) is 12.2. The maximum absolute atomic E-state index is 11.3. The number of aldehydes is 1. The molecule has 1 fully saturated rings. The van der Waals surface area contributed by atoms with Gasteiger partial charge in [-0.05, 0) is 29.7 Å². The van der Waals surface area contributed by atoms with E-state index in [4.69, 9.17) is 9.47 Å². The molecule has 0 saturated carbocycles. The molecule has 19 heavy (non-hydrogen) atoms. The van der Waals surface area contributed by atoms with Gasteiger partial charge in [0.05, 0.1) is 11.7 Å². The van der Waals surface area contributed by atoms with Crippen molar-refractivity contribution >= 4 is 17.1 Å². The van der Waals surface area contributed by atoms with Gasteiger partial charge in [0.2, 0.25) is 0 Å². The van der Waals surface area contributed by atoms with Crippen LogP contribution in [0, 0.1) is 0 Å². The largest absolute Gasteiger partial charge is 0.490 e. The fraction of sp³-hybridized carbons (Fsp3) is 0.312. The zero-order chi connectivity index (χ0) is 13.1. The van der Waals surface area contributed by atoms with Crippen LogP contribution in [0.25, 0.3) is 10.8 Å². The molecule has 2 aromatic carbocycles. The molecule has 0 bridgehead atoms. The predicted molar refractivity (Wildman–Crippen MR) is 73.8 cm³/mol. The van der Waals surface area contributed by atoms with E-state index in [2.05, 4.69) is 0 Å². The van der Waals surface area contributed by atoms with E-state index in [-0.39, 0.29) is 6.10 Å². The first-order valence-corrected chi connectivity index (χ1v) is 6.60. The van der Waals surface area contributed by atoms with Crippen LogP contribution in [0.3, 0.4) is 0 Å². The Bertz CT molecular complexity index is 586. The van der Waals surface area contributed by atoms with Crippen molar-refractivity contribution in [2.45, 2.75) is 18.9 Å². The highest BCUT2D eigenvalue weighted by molar-refractivity contribution is 6.00. The molecular formula is C16H16O3. The van der Waals surface area contributed by atoms with Crippen molar-refractivity contribution in [2.75, 3.05) is 13.2 Å². The lowest BCUT2D eigenvalue weighted by Crippen LogP contribution is -2.16. The van der Waals surface area contributed by atoms with Gasteiger partial charge >= 0.3 is 0 Å². The molecule has 3 heteroatoms. The molecule has 1 heterocycles. The molecule has 1 aliphatic rings. The summed E-state index contributed by atoms with van der Waals surface area (Å²) >= 11 is 0. The normalized spacial score (nSPS) is 18.6. The SMILES string of the molecule is O=Cc1c(OC[C@@H]2CCCO2)ccc2ccccc12. The van der Waals surface area contributed by atoms with Crippen LogP contribution in [0.15, 0.2) is 36.4 Å². The maximum atomic E-state index is 11.3. The minimum Gasteiger partial charge on any atom is -0.490 e. The zero-order valence-corrected chi connectivity index (χ0v) is 10.7. The van der Waals surface area contributed by atoms with Gasteiger partial charge in [0.15, 0.2) is 6.29 Å². The molecule has 98 valence electrons. The van der Waals surface area contributed by atoms with E-state index in [9.17, 15) is 4.79 Å². The van der Waals surface area contributed by atoms with Crippen molar-refractivity contribution in [1.29, 1.82) is 0 Å². The molecule has 3 rings (SSSR count). The third-order valence-electron chi connectivity index (χ3n) is 3.50. The average Bonchev–Trinajstić information content (AvgIpc) is 2.97. The molecule has 0 N–H and O–H groups in total. The van der Waals surface area contributed by atoms with E-state index in [0.717, 1.165) is 36.5 Å². The third-order valence-corrected chi connectivity index (χ3v) is 3.50. The van der Waals surface area contributed by atoms with E-state index >= 15 is 0 Å². The first-order chi connectivity index (χ1) is 9.38. The van der Waals surface area contributed by atoms with E-state index in [1.165, 1.54) is 0 Å². The van der Waals surface area contributed by atoms with Crippen molar-refractivity contribution in [3.63, 3.8) is 0 Å². The molecule has 0 aromatic heterocycles. The molecule has 2 aromatic rings. The summed E-state index contributed by atoms with van der Waals surface area (Å²) in [6.45, 7) is 1.32. The molecule has 0 aliphatic carbocycles. The Kier molecular flexibility index (Phi) is 3.47. The summed E-state index contributed by atoms with van der Waals surface area (Å²) in [4.78, 5) is 11.3. The number of benzene rings is 2. The van der Waals surface area contributed by atoms with E-state index in [1.807, 2.05) is 36.4 Å². The van der Waals surface area contributed by atoms with Crippen LogP contribution in [-0.4, -0.2) is 25.6 Å². The molecular weight excluding hydrogens is 240 g/mol. The minimum absolute atomic E-state index is 0.158. The monoisotopic (exact) mass is 256 g/mol. The fourth-order valence-corrected chi connectivity index (χ4v) is 2.48. The lowest BCUT2D eigenvalue weighted by atomic mass is 10.0. The summed E-state index contributed by atoms with van der Waals surface area (Å²) in [5.41, 5.74) is 0.621. The molecule has 0 radical (unpaired) electrons. The zero-order valence-electron chi connectivity index (χ0n) is 10.7. The van der Waals surface area contributed by atoms with Gasteiger partial charge in [-0.25, -0.2) is 0 Å². The van der Waals surface area contributed by atoms with Gasteiger partial charge in [-0.3, -0.25) is 4.79 Å². The topological polar surface area (TPSA) is 35.5 Å². The highest BCUT2D eigenvalue weighted by Gasteiger charge is 2.17. The summed E-state index contributed by atoms with van der Waals surface area (Å²) < 4.78 is 11.3. The molecule has 0 spiro atoms. The summed E-state index contributed by atoms with van der Waals surface area (Å²) in [5, 5.41) is 1.98. The summed E-state index contributed by atoms with van der Waals surface area (Å²) in [6, 6.07) is 11.7. The third kappa shape index (κ3) is 2.47. The van der Waals surface area contributed by atoms with Gasteiger partial charge in [0.1, 0.15) is 12.4 Å². The lowest BCUT2D eigenvalue weighted by Gasteiger charge is -2.14. The standard InChI is InChI=1S/C16H16O3/c17-10-15-14-6-2-1-4-12(14)7-8-16(15)19-11-13-5-3-9-18-13/h1-2,4,6-8,10,13H,3,5,9,11H2/t13-/m0/s1. The quantitative estimate of drug-likeness (QED) is 0.788. The Morgan fingerprint density at radius 3 is 2.95 bits per heavy atom. The molecule has 1 aliphatic heterocycles. The molecule has 1 atom stereocenters. The minimum atomic E-state index is 0.158. The number of carbonyl (C=O) groups excluding carboxylic acids is 1. The second-order valence-electron chi connectivity index (χ2n) is 4.76. The van der Waals surface area contributed by atoms with E-state index in [1.54, 1.807) is 0 Å². The molecule has 0 amide bonds. The molecule has 0 unspecified atom stereocenters. The second-order valence-corrected chi connectivity index (χ2v) is 4.76. The Labute approximate surface area is 112 Å². The van der Waals surface area contributed by atoms with Gasteiger partial charge in [-0.2, -0.15) is 0 Å². The van der Waals surface area contributed by atoms with Crippen LogP contribution in [-0.2, 0) is 4.74 Å². The second kappa shape index (κ2) is 5.41. The first-order valence-electron chi connectivity index (χ1n) is 6.60. The van der Waals surface area contributed by atoms with Crippen LogP contribution in [0.4, 0.5) is 0 Å². The predicted octanol–water partition coefficient (Wildman–Crippen LogP) is 3.21. The summed E-state index contributed by atoms with van der Waals surface area (Å²) in [5.74, 6) is 0.643. The van der Waals surface area contributed by atoms with Crippen LogP contribution in [0.1, 0.15) is 23.2 Å². The number of rotatable bonds is 4. The molecule has 1 saturated heterocycles. The summed E-state index contributed by atoms with van der Waals surface area (Å²) in [7, 11) is 0. The van der Waals surface area contributed by atoms with Crippen molar-refractivity contribution in [3.8, 4) is 5.75 Å². The van der Waals surface area contributed by atoms with E-state index in [0.29, 0.717) is 17.9 Å². The van der Waals surface area contributed by atoms with Gasteiger partial charge in [-0.15, -0.1) is 0 Å². The number of ether oxygens (including phenoxy) is 2. The lowest BCUT2D eigenvalue weighted by molar-refractivity contribution is 0.0676. The number of fused-ring (bicyclic) bond motifs is 1. The fourth-order valence-electron chi connectivity index (χ4n) is 2.48. The van der Waals surface area contributed by atoms with Crippen molar-refractivity contribution in [1.82, 2.24) is 0 Å². The van der Waals surface area contributed by atoms with Crippen molar-refractivity contribution < 1.29 is 14.3 Å². The molecule has 3 nitrogen and oxygen atoms in total. The van der Waals surface area contributed by atoms with E-state index < -0.39 is 0 Å². The van der Waals surface area contributed by atoms with Crippen LogP contribution < -0.4 is 4.74 Å².